The minimum absolute atomic E-state index is 0.175. The lowest BCUT2D eigenvalue weighted by Crippen LogP contribution is -2.40. The maximum Gasteiger partial charge on any atom is 0.319 e. The maximum atomic E-state index is 11.5. The quantitative estimate of drug-likeness (QED) is 0.418. The highest BCUT2D eigenvalue weighted by Crippen LogP contribution is 2.02. The Morgan fingerprint density at radius 1 is 0.583 bits per heavy atom. The molecule has 138 valence electrons. The Hall–Kier alpha value is -1.71. The van der Waals surface area contributed by atoms with Crippen molar-refractivity contribution in [2.45, 2.75) is 0 Å². The molecule has 0 aromatic rings. The van der Waals surface area contributed by atoms with Crippen LogP contribution < -0.4 is 0 Å². The summed E-state index contributed by atoms with van der Waals surface area (Å²) in [4.78, 5) is 40.5. The Labute approximate surface area is 142 Å². The monoisotopic (exact) mass is 345 g/mol. The van der Waals surface area contributed by atoms with Crippen LogP contribution in [0.2, 0.25) is 0 Å². The normalized spacial score (nSPS) is 18.1. The molecule has 0 unspecified atom stereocenters. The van der Waals surface area contributed by atoms with Crippen LogP contribution in [-0.4, -0.2) is 113 Å². The average molecular weight is 345 g/mol. The minimum Gasteiger partial charge on any atom is -0.468 e. The molecule has 0 spiro atoms. The third kappa shape index (κ3) is 7.71. The van der Waals surface area contributed by atoms with E-state index >= 15 is 0 Å². The summed E-state index contributed by atoms with van der Waals surface area (Å²) in [5.41, 5.74) is 0. The molecule has 9 heteroatoms. The number of hydrogen-bond donors (Lipinski definition) is 0. The van der Waals surface area contributed by atoms with Crippen LogP contribution in [0.15, 0.2) is 0 Å². The highest BCUT2D eigenvalue weighted by Gasteiger charge is 2.21. The van der Waals surface area contributed by atoms with Crippen molar-refractivity contribution in [2.24, 2.45) is 0 Å². The molecule has 0 aromatic heterocycles. The number of carbonyl (C=O) groups excluding carboxylic acids is 3. The minimum atomic E-state index is -0.312. The third-order valence-electron chi connectivity index (χ3n) is 3.94. The van der Waals surface area contributed by atoms with Gasteiger partial charge in [0, 0.05) is 39.3 Å². The van der Waals surface area contributed by atoms with Gasteiger partial charge < -0.3 is 14.2 Å². The zero-order chi connectivity index (χ0) is 17.9. The fourth-order valence-electron chi connectivity index (χ4n) is 2.40. The molecule has 9 nitrogen and oxygen atoms in total. The van der Waals surface area contributed by atoms with E-state index in [1.807, 2.05) is 14.7 Å². The van der Waals surface area contributed by atoms with Crippen LogP contribution in [0.1, 0.15) is 0 Å². The summed E-state index contributed by atoms with van der Waals surface area (Å²) in [6.07, 6.45) is 0. The SMILES string of the molecule is COC(=O)CN1CCN(CC(=O)OC)CCN(CC(=O)OC)CC1. The molecule has 1 rings (SSSR count). The van der Waals surface area contributed by atoms with Crippen LogP contribution in [0.5, 0.6) is 0 Å². The number of esters is 3. The van der Waals surface area contributed by atoms with Gasteiger partial charge in [-0.2, -0.15) is 0 Å². The van der Waals surface area contributed by atoms with Crippen LogP contribution in [0.3, 0.4) is 0 Å². The Bertz CT molecular complexity index is 358. The summed E-state index contributed by atoms with van der Waals surface area (Å²) in [5.74, 6) is -0.935. The highest BCUT2D eigenvalue weighted by atomic mass is 16.5. The van der Waals surface area contributed by atoms with E-state index in [2.05, 4.69) is 0 Å². The van der Waals surface area contributed by atoms with Crippen molar-refractivity contribution in [1.29, 1.82) is 0 Å². The van der Waals surface area contributed by atoms with Gasteiger partial charge in [0.2, 0.25) is 0 Å². The van der Waals surface area contributed by atoms with Crippen LogP contribution >= 0.6 is 0 Å². The first-order chi connectivity index (χ1) is 11.5. The van der Waals surface area contributed by atoms with Gasteiger partial charge >= 0.3 is 17.9 Å². The van der Waals surface area contributed by atoms with E-state index in [4.69, 9.17) is 14.2 Å². The Kier molecular flexibility index (Phi) is 9.28. The van der Waals surface area contributed by atoms with E-state index in [0.29, 0.717) is 39.3 Å². The molecular weight excluding hydrogens is 318 g/mol. The van der Waals surface area contributed by atoms with E-state index in [0.717, 1.165) is 0 Å². The second-order valence-corrected chi connectivity index (χ2v) is 5.56. The van der Waals surface area contributed by atoms with Gasteiger partial charge in [-0.1, -0.05) is 0 Å². The highest BCUT2D eigenvalue weighted by molar-refractivity contribution is 5.72. The first kappa shape index (κ1) is 20.3. The van der Waals surface area contributed by atoms with Crippen LogP contribution in [0, 0.1) is 0 Å². The number of carbonyl (C=O) groups is 3. The van der Waals surface area contributed by atoms with E-state index < -0.39 is 0 Å². The number of hydrogen-bond acceptors (Lipinski definition) is 9. The molecule has 1 aliphatic rings. The number of methoxy groups -OCH3 is 3. The van der Waals surface area contributed by atoms with E-state index in [9.17, 15) is 14.4 Å². The van der Waals surface area contributed by atoms with Gasteiger partial charge in [-0.05, 0) is 0 Å². The van der Waals surface area contributed by atoms with Gasteiger partial charge in [-0.25, -0.2) is 0 Å². The third-order valence-corrected chi connectivity index (χ3v) is 3.94. The first-order valence-electron chi connectivity index (χ1n) is 7.86. The second kappa shape index (κ2) is 11.0. The fourth-order valence-corrected chi connectivity index (χ4v) is 2.40. The van der Waals surface area contributed by atoms with Crippen LogP contribution in [0.25, 0.3) is 0 Å². The van der Waals surface area contributed by atoms with E-state index in [1.54, 1.807) is 0 Å². The summed E-state index contributed by atoms with van der Waals surface area (Å²) in [7, 11) is 4.06. The molecule has 1 heterocycles. The Morgan fingerprint density at radius 3 is 0.958 bits per heavy atom. The largest absolute Gasteiger partial charge is 0.468 e. The molecule has 0 atom stereocenters. The molecule has 0 radical (unpaired) electrons. The van der Waals surface area contributed by atoms with Crippen molar-refractivity contribution in [3.63, 3.8) is 0 Å². The molecule has 1 saturated heterocycles. The van der Waals surface area contributed by atoms with Gasteiger partial charge in [-0.15, -0.1) is 0 Å². The van der Waals surface area contributed by atoms with Gasteiger partial charge in [0.25, 0.3) is 0 Å². The van der Waals surface area contributed by atoms with Crippen molar-refractivity contribution in [2.75, 3.05) is 80.2 Å². The second-order valence-electron chi connectivity index (χ2n) is 5.56. The zero-order valence-corrected chi connectivity index (χ0v) is 14.7. The fraction of sp³-hybridized carbons (Fsp3) is 0.800. The molecule has 0 aromatic carbocycles. The lowest BCUT2D eigenvalue weighted by atomic mass is 10.4. The summed E-state index contributed by atoms with van der Waals surface area (Å²) in [6, 6.07) is 0. The molecule has 0 N–H and O–H groups in total. The number of ether oxygens (including phenoxy) is 3. The lowest BCUT2D eigenvalue weighted by molar-refractivity contribution is -0.143. The number of rotatable bonds is 6. The van der Waals surface area contributed by atoms with Gasteiger partial charge in [0.15, 0.2) is 0 Å². The molecule has 24 heavy (non-hydrogen) atoms. The van der Waals surface area contributed by atoms with Crippen molar-refractivity contribution >= 4 is 17.9 Å². The lowest BCUT2D eigenvalue weighted by Gasteiger charge is -2.24. The van der Waals surface area contributed by atoms with Gasteiger partial charge in [0.1, 0.15) is 0 Å². The van der Waals surface area contributed by atoms with Gasteiger partial charge in [0.05, 0.1) is 41.0 Å². The van der Waals surface area contributed by atoms with E-state index in [-0.39, 0.29) is 37.5 Å². The van der Waals surface area contributed by atoms with Crippen molar-refractivity contribution in [1.82, 2.24) is 14.7 Å². The summed E-state index contributed by atoms with van der Waals surface area (Å²) in [5, 5.41) is 0. The molecular formula is C15H27N3O6. The van der Waals surface area contributed by atoms with Gasteiger partial charge in [-0.3, -0.25) is 29.1 Å². The van der Waals surface area contributed by atoms with Crippen LogP contribution in [0.4, 0.5) is 0 Å². The molecule has 1 fully saturated rings. The Balaban J connectivity index is 2.72. The van der Waals surface area contributed by atoms with E-state index in [1.165, 1.54) is 21.3 Å². The predicted octanol–water partition coefficient (Wildman–Crippen LogP) is -1.57. The predicted molar refractivity (Wildman–Crippen MR) is 85.4 cm³/mol. The molecule has 0 bridgehead atoms. The standard InChI is InChI=1S/C15H27N3O6/c1-22-13(19)10-16-4-6-17(11-14(20)23-2)8-9-18(7-5-16)12-15(21)24-3/h4-12H2,1-3H3. The molecule has 0 amide bonds. The zero-order valence-electron chi connectivity index (χ0n) is 14.7. The topological polar surface area (TPSA) is 88.6 Å². The summed E-state index contributed by atoms with van der Waals surface area (Å²) >= 11 is 0. The molecule has 0 saturated carbocycles. The Morgan fingerprint density at radius 2 is 0.792 bits per heavy atom. The molecule has 0 aliphatic carbocycles. The number of nitrogens with zero attached hydrogens (tertiary/aromatic N) is 3. The smallest absolute Gasteiger partial charge is 0.319 e. The maximum absolute atomic E-state index is 11.5. The van der Waals surface area contributed by atoms with Crippen LogP contribution in [-0.2, 0) is 28.6 Å². The molecule has 1 aliphatic heterocycles. The van der Waals surface area contributed by atoms with Crippen molar-refractivity contribution < 1.29 is 28.6 Å². The van der Waals surface area contributed by atoms with Crippen molar-refractivity contribution in [3.8, 4) is 0 Å². The first-order valence-corrected chi connectivity index (χ1v) is 7.86. The average Bonchev–Trinajstić information content (AvgIpc) is 2.67. The summed E-state index contributed by atoms with van der Waals surface area (Å²) < 4.78 is 14.2. The summed E-state index contributed by atoms with van der Waals surface area (Å²) in [6.45, 7) is 4.26. The van der Waals surface area contributed by atoms with Crippen molar-refractivity contribution in [3.05, 3.63) is 0 Å².